The Morgan fingerprint density at radius 1 is 1.13 bits per heavy atom. The van der Waals surface area contributed by atoms with E-state index >= 15 is 0 Å². The minimum atomic E-state index is -0.462. The van der Waals surface area contributed by atoms with Crippen molar-refractivity contribution in [2.75, 3.05) is 23.8 Å². The summed E-state index contributed by atoms with van der Waals surface area (Å²) in [6, 6.07) is 13.6. The summed E-state index contributed by atoms with van der Waals surface area (Å²) in [5.41, 5.74) is 0.970. The van der Waals surface area contributed by atoms with Gasteiger partial charge in [0.2, 0.25) is 5.91 Å². The SMILES string of the molecule is CN(CC(=O)Nc1ccccc1F)c1ncnc2ccccc12. The fourth-order valence-corrected chi connectivity index (χ4v) is 2.34. The Balaban J connectivity index is 1.77. The van der Waals surface area contributed by atoms with E-state index in [1.807, 2.05) is 24.3 Å². The molecule has 0 aliphatic rings. The monoisotopic (exact) mass is 310 g/mol. The van der Waals surface area contributed by atoms with Crippen LogP contribution in [-0.4, -0.2) is 29.5 Å². The van der Waals surface area contributed by atoms with Crippen LogP contribution in [0.1, 0.15) is 0 Å². The first kappa shape index (κ1) is 14.9. The van der Waals surface area contributed by atoms with Crippen molar-refractivity contribution >= 4 is 28.3 Å². The van der Waals surface area contributed by atoms with Crippen molar-refractivity contribution in [3.8, 4) is 0 Å². The van der Waals surface area contributed by atoms with Crippen LogP contribution in [0, 0.1) is 5.82 Å². The minimum Gasteiger partial charge on any atom is -0.350 e. The van der Waals surface area contributed by atoms with Crippen molar-refractivity contribution < 1.29 is 9.18 Å². The highest BCUT2D eigenvalue weighted by molar-refractivity contribution is 5.96. The van der Waals surface area contributed by atoms with E-state index in [9.17, 15) is 9.18 Å². The van der Waals surface area contributed by atoms with Gasteiger partial charge in [0.05, 0.1) is 17.7 Å². The van der Waals surface area contributed by atoms with Gasteiger partial charge < -0.3 is 10.2 Å². The molecule has 0 unspecified atom stereocenters. The Kier molecular flexibility index (Phi) is 4.14. The average Bonchev–Trinajstić information content (AvgIpc) is 2.56. The van der Waals surface area contributed by atoms with Gasteiger partial charge in [0.15, 0.2) is 0 Å². The zero-order valence-electron chi connectivity index (χ0n) is 12.5. The Hall–Kier alpha value is -3.02. The van der Waals surface area contributed by atoms with Gasteiger partial charge in [-0.2, -0.15) is 0 Å². The molecule has 0 saturated carbocycles. The highest BCUT2D eigenvalue weighted by Crippen LogP contribution is 2.21. The first-order valence-electron chi connectivity index (χ1n) is 7.10. The summed E-state index contributed by atoms with van der Waals surface area (Å²) < 4.78 is 13.6. The van der Waals surface area contributed by atoms with E-state index in [0.29, 0.717) is 5.82 Å². The van der Waals surface area contributed by atoms with Crippen molar-refractivity contribution in [3.63, 3.8) is 0 Å². The summed E-state index contributed by atoms with van der Waals surface area (Å²) in [6.07, 6.45) is 1.46. The molecule has 6 heteroatoms. The topological polar surface area (TPSA) is 58.1 Å². The van der Waals surface area contributed by atoms with Crippen molar-refractivity contribution in [2.24, 2.45) is 0 Å². The summed E-state index contributed by atoms with van der Waals surface area (Å²) in [5, 5.41) is 3.42. The number of benzene rings is 2. The number of nitrogens with zero attached hydrogens (tertiary/aromatic N) is 3. The summed E-state index contributed by atoms with van der Waals surface area (Å²) in [7, 11) is 1.76. The first-order valence-corrected chi connectivity index (χ1v) is 7.10. The van der Waals surface area contributed by atoms with Gasteiger partial charge in [0, 0.05) is 12.4 Å². The highest BCUT2D eigenvalue weighted by atomic mass is 19.1. The van der Waals surface area contributed by atoms with Gasteiger partial charge in [-0.25, -0.2) is 14.4 Å². The second kappa shape index (κ2) is 6.39. The van der Waals surface area contributed by atoms with Gasteiger partial charge in [0.25, 0.3) is 0 Å². The lowest BCUT2D eigenvalue weighted by atomic mass is 10.2. The zero-order valence-corrected chi connectivity index (χ0v) is 12.5. The number of nitrogens with one attached hydrogen (secondary N) is 1. The number of fused-ring (bicyclic) bond motifs is 1. The number of likely N-dealkylation sites (N-methyl/N-ethyl adjacent to an activating group) is 1. The second-order valence-corrected chi connectivity index (χ2v) is 5.10. The molecule has 3 aromatic rings. The zero-order chi connectivity index (χ0) is 16.2. The van der Waals surface area contributed by atoms with Gasteiger partial charge in [-0.05, 0) is 24.3 Å². The fourth-order valence-electron chi connectivity index (χ4n) is 2.34. The van der Waals surface area contributed by atoms with Crippen molar-refractivity contribution in [3.05, 3.63) is 60.7 Å². The van der Waals surface area contributed by atoms with E-state index < -0.39 is 5.82 Å². The Morgan fingerprint density at radius 3 is 2.70 bits per heavy atom. The average molecular weight is 310 g/mol. The third-order valence-corrected chi connectivity index (χ3v) is 3.41. The predicted molar refractivity (Wildman–Crippen MR) is 87.8 cm³/mol. The van der Waals surface area contributed by atoms with Gasteiger partial charge in [-0.1, -0.05) is 24.3 Å². The molecule has 116 valence electrons. The molecule has 0 atom stereocenters. The number of rotatable bonds is 4. The van der Waals surface area contributed by atoms with Crippen molar-refractivity contribution in [2.45, 2.75) is 0 Å². The molecule has 0 fully saturated rings. The third kappa shape index (κ3) is 3.26. The van der Waals surface area contributed by atoms with E-state index in [0.717, 1.165) is 10.9 Å². The van der Waals surface area contributed by atoms with Crippen LogP contribution in [0.15, 0.2) is 54.9 Å². The fraction of sp³-hybridized carbons (Fsp3) is 0.118. The Bertz CT molecular complexity index is 847. The van der Waals surface area contributed by atoms with Gasteiger partial charge in [-0.3, -0.25) is 4.79 Å². The smallest absolute Gasteiger partial charge is 0.244 e. The van der Waals surface area contributed by atoms with Crippen LogP contribution in [0.3, 0.4) is 0 Å². The third-order valence-electron chi connectivity index (χ3n) is 3.41. The van der Waals surface area contributed by atoms with Crippen LogP contribution in [0.4, 0.5) is 15.9 Å². The van der Waals surface area contributed by atoms with Crippen molar-refractivity contribution in [1.82, 2.24) is 9.97 Å². The van der Waals surface area contributed by atoms with Crippen LogP contribution in [0.2, 0.25) is 0 Å². The molecule has 0 spiro atoms. The highest BCUT2D eigenvalue weighted by Gasteiger charge is 2.13. The summed E-state index contributed by atoms with van der Waals surface area (Å²) in [4.78, 5) is 22.3. The molecule has 1 N–H and O–H groups in total. The van der Waals surface area contributed by atoms with E-state index in [2.05, 4.69) is 15.3 Å². The number of carbonyl (C=O) groups excluding carboxylic acids is 1. The summed E-state index contributed by atoms with van der Waals surface area (Å²) >= 11 is 0. The normalized spacial score (nSPS) is 10.5. The Morgan fingerprint density at radius 2 is 1.87 bits per heavy atom. The largest absolute Gasteiger partial charge is 0.350 e. The number of carbonyl (C=O) groups is 1. The molecule has 23 heavy (non-hydrogen) atoms. The van der Waals surface area contributed by atoms with Gasteiger partial charge >= 0.3 is 0 Å². The van der Waals surface area contributed by atoms with E-state index in [4.69, 9.17) is 0 Å². The number of hydrogen-bond donors (Lipinski definition) is 1. The molecule has 2 aromatic carbocycles. The van der Waals surface area contributed by atoms with Crippen LogP contribution in [0.5, 0.6) is 0 Å². The standard InChI is InChI=1S/C17H15FN4O/c1-22(10-16(23)21-15-9-5-3-7-13(15)18)17-12-6-2-4-8-14(12)19-11-20-17/h2-9,11H,10H2,1H3,(H,21,23). The molecule has 1 amide bonds. The minimum absolute atomic E-state index is 0.0509. The summed E-state index contributed by atoms with van der Waals surface area (Å²) in [6.45, 7) is 0.0509. The molecule has 0 aliphatic heterocycles. The maximum Gasteiger partial charge on any atom is 0.244 e. The maximum atomic E-state index is 13.6. The lowest BCUT2D eigenvalue weighted by molar-refractivity contribution is -0.114. The lowest BCUT2D eigenvalue weighted by Gasteiger charge is -2.19. The lowest BCUT2D eigenvalue weighted by Crippen LogP contribution is -2.31. The Labute approximate surface area is 132 Å². The quantitative estimate of drug-likeness (QED) is 0.805. The molecular formula is C17H15FN4O. The number of halogens is 1. The molecule has 0 aliphatic carbocycles. The molecule has 3 rings (SSSR count). The van der Waals surface area contributed by atoms with Crippen LogP contribution in [-0.2, 0) is 4.79 Å². The molecule has 1 heterocycles. The second-order valence-electron chi connectivity index (χ2n) is 5.10. The maximum absolute atomic E-state index is 13.6. The van der Waals surface area contributed by atoms with Gasteiger partial charge in [-0.15, -0.1) is 0 Å². The first-order chi connectivity index (χ1) is 11.1. The molecule has 5 nitrogen and oxygen atoms in total. The number of hydrogen-bond acceptors (Lipinski definition) is 4. The molecule has 0 radical (unpaired) electrons. The molecule has 0 saturated heterocycles. The van der Waals surface area contributed by atoms with Crippen LogP contribution in [0.25, 0.3) is 10.9 Å². The van der Waals surface area contributed by atoms with E-state index in [1.165, 1.54) is 18.5 Å². The van der Waals surface area contributed by atoms with Crippen molar-refractivity contribution in [1.29, 1.82) is 0 Å². The summed E-state index contributed by atoms with van der Waals surface area (Å²) in [5.74, 6) is -0.129. The predicted octanol–water partition coefficient (Wildman–Crippen LogP) is 2.84. The number of aromatic nitrogens is 2. The number of anilines is 2. The van der Waals surface area contributed by atoms with Crippen LogP contribution >= 0.6 is 0 Å². The van der Waals surface area contributed by atoms with E-state index in [1.54, 1.807) is 24.1 Å². The molecule has 1 aromatic heterocycles. The van der Waals surface area contributed by atoms with Crippen LogP contribution < -0.4 is 10.2 Å². The number of amides is 1. The molecular weight excluding hydrogens is 295 g/mol. The van der Waals surface area contributed by atoms with Gasteiger partial charge in [0.1, 0.15) is 18.0 Å². The number of para-hydroxylation sites is 2. The molecule has 0 bridgehead atoms. The van der Waals surface area contributed by atoms with E-state index in [-0.39, 0.29) is 18.1 Å².